The second-order valence-corrected chi connectivity index (χ2v) is 27.0. The molecular formula is C85H68N2. The molecule has 0 fully saturated rings. The largest absolute Gasteiger partial charge is 0.310 e. The van der Waals surface area contributed by atoms with Gasteiger partial charge in [-0.3, -0.25) is 0 Å². The van der Waals surface area contributed by atoms with Gasteiger partial charge in [-0.05, 0) is 198 Å². The summed E-state index contributed by atoms with van der Waals surface area (Å²) >= 11 is 0. The van der Waals surface area contributed by atoms with Gasteiger partial charge in [-0.25, -0.2) is 0 Å². The highest BCUT2D eigenvalue weighted by Crippen LogP contribution is 2.66. The van der Waals surface area contributed by atoms with Gasteiger partial charge in [0.2, 0.25) is 0 Å². The second-order valence-electron chi connectivity index (χ2n) is 27.0. The zero-order valence-electron chi connectivity index (χ0n) is 51.1. The molecule has 0 bridgehead atoms. The molecule has 5 aliphatic carbocycles. The molecule has 0 aliphatic heterocycles. The van der Waals surface area contributed by atoms with Crippen LogP contribution in [0.5, 0.6) is 0 Å². The number of rotatable bonds is 7. The van der Waals surface area contributed by atoms with E-state index in [9.17, 15) is 0 Å². The molecule has 0 radical (unpaired) electrons. The van der Waals surface area contributed by atoms with Crippen molar-refractivity contribution in [2.75, 3.05) is 9.80 Å². The Morgan fingerprint density at radius 3 is 1.11 bits per heavy atom. The van der Waals surface area contributed by atoms with Crippen molar-refractivity contribution in [2.24, 2.45) is 0 Å². The number of benzene rings is 12. The van der Waals surface area contributed by atoms with E-state index in [0.29, 0.717) is 0 Å². The van der Waals surface area contributed by atoms with Crippen LogP contribution in [-0.4, -0.2) is 0 Å². The fourth-order valence-electron chi connectivity index (χ4n) is 16.9. The highest BCUT2D eigenvalue weighted by Gasteiger charge is 2.53. The summed E-state index contributed by atoms with van der Waals surface area (Å²) < 4.78 is 0. The number of anilines is 6. The normalized spacial score (nSPS) is 15.3. The third-order valence-electron chi connectivity index (χ3n) is 21.1. The topological polar surface area (TPSA) is 6.48 Å². The van der Waals surface area contributed by atoms with Gasteiger partial charge in [-0.15, -0.1) is 0 Å². The van der Waals surface area contributed by atoms with E-state index in [1.54, 1.807) is 0 Å². The molecule has 0 saturated carbocycles. The van der Waals surface area contributed by atoms with Gasteiger partial charge < -0.3 is 9.80 Å². The molecule has 0 heterocycles. The van der Waals surface area contributed by atoms with Gasteiger partial charge in [0.15, 0.2) is 0 Å². The standard InChI is InChI=1S/C85H68N2/c1-51-32-41-62-64-44-39-57(49-76(64)83(6,7)74(62)46-51)86(58-40-45-65-63-42-33-52(2)47-75(63)84(8,9)77(65)50-58)56-38-43-59(53(3)48-56)54-34-36-55(37-35-54)87(78-30-18-28-72-80(78)66-22-12-14-24-68(66)82(72,4)5)79-31-19-29-73-81(79)67-23-13-17-27-71(67)85(73)69-25-15-10-20-60(69)61-21-11-16-26-70(61)85/h10-50H,1-9H3. The molecule has 0 amide bonds. The summed E-state index contributed by atoms with van der Waals surface area (Å²) in [6.45, 7) is 21.1. The van der Waals surface area contributed by atoms with Crippen LogP contribution < -0.4 is 9.80 Å². The van der Waals surface area contributed by atoms with E-state index in [1.807, 2.05) is 0 Å². The van der Waals surface area contributed by atoms with Crippen LogP contribution in [0.2, 0.25) is 0 Å². The average molecular weight is 1120 g/mol. The Morgan fingerprint density at radius 2 is 0.598 bits per heavy atom. The Labute approximate surface area is 512 Å². The Hall–Kier alpha value is -9.76. The molecule has 1 spiro atoms. The summed E-state index contributed by atoms with van der Waals surface area (Å²) in [5, 5.41) is 0. The van der Waals surface area contributed by atoms with E-state index in [4.69, 9.17) is 0 Å². The van der Waals surface area contributed by atoms with E-state index in [1.165, 1.54) is 150 Å². The zero-order valence-corrected chi connectivity index (χ0v) is 51.1. The molecule has 418 valence electrons. The summed E-state index contributed by atoms with van der Waals surface area (Å²) in [7, 11) is 0. The fourth-order valence-corrected chi connectivity index (χ4v) is 16.9. The zero-order chi connectivity index (χ0) is 59.0. The maximum absolute atomic E-state index is 2.59. The van der Waals surface area contributed by atoms with Gasteiger partial charge in [0.05, 0.1) is 16.8 Å². The first-order valence-electron chi connectivity index (χ1n) is 31.2. The van der Waals surface area contributed by atoms with Crippen molar-refractivity contribution in [1.82, 2.24) is 0 Å². The molecule has 5 aliphatic rings. The predicted molar refractivity (Wildman–Crippen MR) is 364 cm³/mol. The molecule has 87 heavy (non-hydrogen) atoms. The smallest absolute Gasteiger partial charge is 0.0726 e. The molecule has 12 aromatic rings. The van der Waals surface area contributed by atoms with Crippen molar-refractivity contribution in [1.29, 1.82) is 0 Å². The van der Waals surface area contributed by atoms with Crippen molar-refractivity contribution in [3.05, 3.63) is 321 Å². The van der Waals surface area contributed by atoms with E-state index in [0.717, 1.165) is 22.7 Å². The molecule has 0 atom stereocenters. The number of nitrogens with zero attached hydrogens (tertiary/aromatic N) is 2. The summed E-state index contributed by atoms with van der Waals surface area (Å²) in [4.78, 5) is 5.10. The summed E-state index contributed by atoms with van der Waals surface area (Å²) in [5.74, 6) is 0. The van der Waals surface area contributed by atoms with Crippen LogP contribution in [0.25, 0.3) is 66.8 Å². The number of hydrogen-bond donors (Lipinski definition) is 0. The minimum absolute atomic E-state index is 0.150. The highest BCUT2D eigenvalue weighted by molar-refractivity contribution is 6.04. The van der Waals surface area contributed by atoms with Crippen LogP contribution in [0, 0.1) is 20.8 Å². The van der Waals surface area contributed by atoms with Gasteiger partial charge in [0.25, 0.3) is 0 Å². The Balaban J connectivity index is 0.817. The van der Waals surface area contributed by atoms with Gasteiger partial charge in [-0.1, -0.05) is 241 Å². The first-order chi connectivity index (χ1) is 42.1. The van der Waals surface area contributed by atoms with E-state index < -0.39 is 5.41 Å². The lowest BCUT2D eigenvalue weighted by atomic mass is 9.70. The monoisotopic (exact) mass is 1120 g/mol. The summed E-state index contributed by atoms with van der Waals surface area (Å²) in [6, 6.07) is 95.6. The molecular weight excluding hydrogens is 1050 g/mol. The molecule has 2 heteroatoms. The first kappa shape index (κ1) is 51.6. The van der Waals surface area contributed by atoms with Crippen LogP contribution in [0.4, 0.5) is 34.1 Å². The van der Waals surface area contributed by atoms with E-state index in [-0.39, 0.29) is 16.2 Å². The summed E-state index contributed by atoms with van der Waals surface area (Å²) in [5.41, 5.74) is 38.9. The molecule has 0 N–H and O–H groups in total. The third-order valence-corrected chi connectivity index (χ3v) is 21.1. The predicted octanol–water partition coefficient (Wildman–Crippen LogP) is 22.5. The SMILES string of the molecule is Cc1ccc2c(c1)C(C)(C)c1cc(N(c3ccc(-c4ccc(N(c5cccc6c5-c5ccccc5C6(C)C)c5cccc6c5-c5ccccc5C65c6ccccc6-c6ccccc65)cc4)c(C)c3)c3ccc4c(c3)C(C)(C)c3cc(C)ccc3-4)ccc1-2. The minimum Gasteiger partial charge on any atom is -0.310 e. The number of hydrogen-bond acceptors (Lipinski definition) is 2. The Morgan fingerprint density at radius 1 is 0.241 bits per heavy atom. The van der Waals surface area contributed by atoms with Crippen LogP contribution in [-0.2, 0) is 21.7 Å². The second kappa shape index (κ2) is 18.1. The Kier molecular flexibility index (Phi) is 10.8. The number of fused-ring (bicyclic) bond motifs is 19. The molecule has 17 rings (SSSR count). The van der Waals surface area contributed by atoms with Crippen LogP contribution in [0.1, 0.15) is 114 Å². The van der Waals surface area contributed by atoms with Crippen molar-refractivity contribution in [3.63, 3.8) is 0 Å². The average Bonchev–Trinajstić information content (AvgIpc) is 1.52. The van der Waals surface area contributed by atoms with Gasteiger partial charge >= 0.3 is 0 Å². The lowest BCUT2D eigenvalue weighted by Crippen LogP contribution is -2.26. The van der Waals surface area contributed by atoms with E-state index >= 15 is 0 Å². The Bertz CT molecular complexity index is 4790. The maximum Gasteiger partial charge on any atom is 0.0726 e. The highest BCUT2D eigenvalue weighted by atomic mass is 15.2. The van der Waals surface area contributed by atoms with E-state index in [2.05, 4.69) is 321 Å². The fraction of sp³-hybridized carbons (Fsp3) is 0.153. The minimum atomic E-state index is -0.471. The van der Waals surface area contributed by atoms with Gasteiger partial charge in [0, 0.05) is 50.1 Å². The maximum atomic E-state index is 2.59. The lowest BCUT2D eigenvalue weighted by molar-refractivity contribution is 0.659. The molecule has 2 nitrogen and oxygen atoms in total. The first-order valence-corrected chi connectivity index (χ1v) is 31.2. The summed E-state index contributed by atoms with van der Waals surface area (Å²) in [6.07, 6.45) is 0. The van der Waals surface area contributed by atoms with Crippen molar-refractivity contribution in [2.45, 2.75) is 84.0 Å². The lowest BCUT2D eigenvalue weighted by Gasteiger charge is -2.32. The van der Waals surface area contributed by atoms with Crippen LogP contribution in [0.3, 0.4) is 0 Å². The quantitative estimate of drug-likeness (QED) is 0.157. The van der Waals surface area contributed by atoms with Crippen LogP contribution in [0.15, 0.2) is 249 Å². The molecule has 0 aromatic heterocycles. The van der Waals surface area contributed by atoms with Crippen LogP contribution >= 0.6 is 0 Å². The number of aryl methyl sites for hydroxylation is 3. The molecule has 0 saturated heterocycles. The molecule has 0 unspecified atom stereocenters. The van der Waals surface area contributed by atoms with Crippen molar-refractivity contribution >= 4 is 34.1 Å². The molecule has 12 aromatic carbocycles. The van der Waals surface area contributed by atoms with Crippen molar-refractivity contribution < 1.29 is 0 Å². The third kappa shape index (κ3) is 6.99. The van der Waals surface area contributed by atoms with Gasteiger partial charge in [-0.2, -0.15) is 0 Å². The van der Waals surface area contributed by atoms with Gasteiger partial charge in [0.1, 0.15) is 0 Å². The van der Waals surface area contributed by atoms with Crippen molar-refractivity contribution in [3.8, 4) is 66.8 Å².